The predicted octanol–water partition coefficient (Wildman–Crippen LogP) is 2.24. The lowest BCUT2D eigenvalue weighted by atomic mass is 10.1. The lowest BCUT2D eigenvalue weighted by Gasteiger charge is -2.28. The van der Waals surface area contributed by atoms with Crippen molar-refractivity contribution in [3.8, 4) is 6.07 Å². The van der Waals surface area contributed by atoms with Crippen molar-refractivity contribution in [3.05, 3.63) is 21.6 Å². The number of nitrogens with zero attached hydrogens (tertiary/aromatic N) is 2. The van der Waals surface area contributed by atoms with Gasteiger partial charge in [-0.2, -0.15) is 5.26 Å². The molecule has 0 bridgehead atoms. The number of rotatable bonds is 5. The van der Waals surface area contributed by atoms with Gasteiger partial charge in [-0.05, 0) is 19.8 Å². The van der Waals surface area contributed by atoms with Crippen LogP contribution in [0.3, 0.4) is 0 Å². The summed E-state index contributed by atoms with van der Waals surface area (Å²) in [7, 11) is 0. The number of hydrogen-bond acceptors (Lipinski definition) is 4. The van der Waals surface area contributed by atoms with Crippen LogP contribution in [0.1, 0.15) is 36.2 Å². The Labute approximate surface area is 105 Å². The Morgan fingerprint density at radius 3 is 2.94 bits per heavy atom. The second kappa shape index (κ2) is 5.13. The molecule has 2 rings (SSSR count). The molecule has 0 radical (unpaired) electrons. The maximum Gasteiger partial charge on any atom is 0.151 e. The van der Waals surface area contributed by atoms with Crippen molar-refractivity contribution in [2.45, 2.75) is 31.8 Å². The monoisotopic (exact) mass is 253 g/mol. The van der Waals surface area contributed by atoms with E-state index in [0.29, 0.717) is 12.6 Å². The van der Waals surface area contributed by atoms with Crippen LogP contribution in [-0.4, -0.2) is 24.0 Å². The second-order valence-corrected chi connectivity index (χ2v) is 5.28. The maximum atomic E-state index is 13.4. The van der Waals surface area contributed by atoms with Crippen LogP contribution >= 0.6 is 11.3 Å². The van der Waals surface area contributed by atoms with Gasteiger partial charge in [-0.25, -0.2) is 4.39 Å². The zero-order valence-electron chi connectivity index (χ0n) is 9.82. The van der Waals surface area contributed by atoms with Gasteiger partial charge in [0.2, 0.25) is 0 Å². The third-order valence-electron chi connectivity index (χ3n) is 3.17. The number of nitrogens with two attached hydrogens (primary N) is 1. The molecule has 1 atom stereocenters. The van der Waals surface area contributed by atoms with Crippen LogP contribution in [0.4, 0.5) is 4.39 Å². The summed E-state index contributed by atoms with van der Waals surface area (Å²) in [6.45, 7) is 3.42. The Hall–Kier alpha value is -0.960. The Morgan fingerprint density at radius 2 is 2.41 bits per heavy atom. The SMILES string of the molecule is CC(c1scc(F)c1C#N)N(CCN)C1CC1. The van der Waals surface area contributed by atoms with Crippen LogP contribution in [0.15, 0.2) is 5.38 Å². The molecule has 3 nitrogen and oxygen atoms in total. The molecule has 1 heterocycles. The van der Waals surface area contributed by atoms with Gasteiger partial charge in [0.05, 0.1) is 0 Å². The highest BCUT2D eigenvalue weighted by Crippen LogP contribution is 2.37. The lowest BCUT2D eigenvalue weighted by Crippen LogP contribution is -2.33. The largest absolute Gasteiger partial charge is 0.329 e. The summed E-state index contributed by atoms with van der Waals surface area (Å²) in [4.78, 5) is 3.11. The molecule has 0 amide bonds. The molecular weight excluding hydrogens is 237 g/mol. The summed E-state index contributed by atoms with van der Waals surface area (Å²) >= 11 is 1.33. The summed E-state index contributed by atoms with van der Waals surface area (Å²) in [5, 5.41) is 10.4. The highest BCUT2D eigenvalue weighted by atomic mass is 32.1. The summed E-state index contributed by atoms with van der Waals surface area (Å²) in [5.74, 6) is -0.400. The summed E-state index contributed by atoms with van der Waals surface area (Å²) in [6.07, 6.45) is 2.36. The van der Waals surface area contributed by atoms with Gasteiger partial charge in [0.1, 0.15) is 11.6 Å². The van der Waals surface area contributed by atoms with E-state index in [0.717, 1.165) is 11.4 Å². The van der Waals surface area contributed by atoms with Gasteiger partial charge >= 0.3 is 0 Å². The topological polar surface area (TPSA) is 53.0 Å². The van der Waals surface area contributed by atoms with Crippen LogP contribution in [0.5, 0.6) is 0 Å². The fourth-order valence-corrected chi connectivity index (χ4v) is 3.11. The van der Waals surface area contributed by atoms with Crippen LogP contribution in [0.2, 0.25) is 0 Å². The molecule has 0 aromatic carbocycles. The highest BCUT2D eigenvalue weighted by molar-refractivity contribution is 7.10. The average molecular weight is 253 g/mol. The lowest BCUT2D eigenvalue weighted by molar-refractivity contribution is 0.208. The molecule has 2 N–H and O–H groups in total. The molecule has 1 fully saturated rings. The highest BCUT2D eigenvalue weighted by Gasteiger charge is 2.33. The van der Waals surface area contributed by atoms with Crippen molar-refractivity contribution in [3.63, 3.8) is 0 Å². The second-order valence-electron chi connectivity index (χ2n) is 4.37. The third-order valence-corrected chi connectivity index (χ3v) is 4.29. The Kier molecular flexibility index (Phi) is 3.77. The number of halogens is 1. The Morgan fingerprint density at radius 1 is 1.71 bits per heavy atom. The van der Waals surface area contributed by atoms with Crippen molar-refractivity contribution < 1.29 is 4.39 Å². The average Bonchev–Trinajstić information content (AvgIpc) is 3.08. The molecule has 1 aromatic heterocycles. The van der Waals surface area contributed by atoms with Crippen molar-refractivity contribution in [2.75, 3.05) is 13.1 Å². The van der Waals surface area contributed by atoms with E-state index >= 15 is 0 Å². The molecule has 1 aliphatic rings. The van der Waals surface area contributed by atoms with Crippen molar-refractivity contribution in [1.82, 2.24) is 4.90 Å². The van der Waals surface area contributed by atoms with Crippen molar-refractivity contribution in [2.24, 2.45) is 5.73 Å². The number of hydrogen-bond donors (Lipinski definition) is 1. The van der Waals surface area contributed by atoms with E-state index in [4.69, 9.17) is 11.0 Å². The van der Waals surface area contributed by atoms with Crippen LogP contribution < -0.4 is 5.73 Å². The fraction of sp³-hybridized carbons (Fsp3) is 0.583. The van der Waals surface area contributed by atoms with E-state index in [1.807, 2.05) is 13.0 Å². The maximum absolute atomic E-state index is 13.4. The van der Waals surface area contributed by atoms with Gasteiger partial charge in [-0.1, -0.05) is 0 Å². The Balaban J connectivity index is 2.22. The molecule has 1 aliphatic carbocycles. The van der Waals surface area contributed by atoms with Crippen molar-refractivity contribution in [1.29, 1.82) is 5.26 Å². The van der Waals surface area contributed by atoms with E-state index in [1.165, 1.54) is 29.6 Å². The molecule has 92 valence electrons. The smallest absolute Gasteiger partial charge is 0.151 e. The van der Waals surface area contributed by atoms with Gasteiger partial charge in [0, 0.05) is 35.4 Å². The summed E-state index contributed by atoms with van der Waals surface area (Å²) in [5.41, 5.74) is 5.81. The molecular formula is C12H16FN3S. The van der Waals surface area contributed by atoms with E-state index in [1.54, 1.807) is 0 Å². The summed E-state index contributed by atoms with van der Waals surface area (Å²) in [6, 6.07) is 2.60. The van der Waals surface area contributed by atoms with Crippen LogP contribution in [0, 0.1) is 17.1 Å². The van der Waals surface area contributed by atoms with Gasteiger partial charge in [-0.15, -0.1) is 11.3 Å². The van der Waals surface area contributed by atoms with Crippen LogP contribution in [-0.2, 0) is 0 Å². The zero-order valence-corrected chi connectivity index (χ0v) is 10.6. The standard InChI is InChI=1S/C12H16FN3S/c1-8(16(5-4-14)9-2-3-9)12-10(6-15)11(13)7-17-12/h7-9H,2-5,14H2,1H3. The van der Waals surface area contributed by atoms with Gasteiger partial charge in [0.15, 0.2) is 5.82 Å². The van der Waals surface area contributed by atoms with Crippen molar-refractivity contribution >= 4 is 11.3 Å². The van der Waals surface area contributed by atoms with E-state index in [2.05, 4.69) is 4.90 Å². The Bertz CT molecular complexity index is 433. The minimum atomic E-state index is -0.400. The minimum absolute atomic E-state index is 0.0789. The molecule has 0 saturated heterocycles. The fourth-order valence-electron chi connectivity index (χ4n) is 2.16. The van der Waals surface area contributed by atoms with Gasteiger partial charge < -0.3 is 5.73 Å². The predicted molar refractivity (Wildman–Crippen MR) is 66.2 cm³/mol. The first kappa shape index (κ1) is 12.5. The van der Waals surface area contributed by atoms with Crippen LogP contribution in [0.25, 0.3) is 0 Å². The first-order valence-electron chi connectivity index (χ1n) is 5.81. The first-order valence-corrected chi connectivity index (χ1v) is 6.69. The molecule has 0 aliphatic heterocycles. The van der Waals surface area contributed by atoms with E-state index in [-0.39, 0.29) is 11.6 Å². The van der Waals surface area contributed by atoms with E-state index in [9.17, 15) is 4.39 Å². The third kappa shape index (κ3) is 2.49. The molecule has 0 spiro atoms. The number of nitriles is 1. The first-order chi connectivity index (χ1) is 8.19. The quantitative estimate of drug-likeness (QED) is 0.875. The molecule has 1 saturated carbocycles. The minimum Gasteiger partial charge on any atom is -0.329 e. The molecule has 17 heavy (non-hydrogen) atoms. The number of thiophene rings is 1. The molecule has 5 heteroatoms. The van der Waals surface area contributed by atoms with E-state index < -0.39 is 5.82 Å². The molecule has 1 unspecified atom stereocenters. The zero-order chi connectivity index (χ0) is 12.4. The normalized spacial score (nSPS) is 17.1. The van der Waals surface area contributed by atoms with Gasteiger partial charge in [0.25, 0.3) is 0 Å². The summed E-state index contributed by atoms with van der Waals surface area (Å²) < 4.78 is 13.4. The van der Waals surface area contributed by atoms with Gasteiger partial charge in [-0.3, -0.25) is 4.90 Å². The molecule has 1 aromatic rings.